The van der Waals surface area contributed by atoms with Gasteiger partial charge in [-0.15, -0.1) is 0 Å². The lowest BCUT2D eigenvalue weighted by molar-refractivity contribution is 0.241. The van der Waals surface area contributed by atoms with Gasteiger partial charge in [-0.1, -0.05) is 83.9 Å². The van der Waals surface area contributed by atoms with Crippen molar-refractivity contribution in [2.45, 2.75) is 6.42 Å². The van der Waals surface area contributed by atoms with Crippen LogP contribution in [0.4, 0.5) is 0 Å². The minimum absolute atomic E-state index is 0.0794. The van der Waals surface area contributed by atoms with Gasteiger partial charge in [-0.3, -0.25) is 9.59 Å². The summed E-state index contributed by atoms with van der Waals surface area (Å²) in [6.07, 6.45) is 0.364. The Kier molecular flexibility index (Phi) is 7.51. The van der Waals surface area contributed by atoms with Crippen molar-refractivity contribution < 1.29 is 18.3 Å². The first kappa shape index (κ1) is 26.7. The maximum atomic E-state index is 13.4. The number of rotatable bonds is 8. The fraction of sp³-hybridized carbons (Fsp3) is 0.0909. The number of ether oxygens (including phenoxy) is 2. The normalized spacial score (nSPS) is 11.2. The average molecular weight is 585 g/mol. The molecule has 0 unspecified atom stereocenters. The van der Waals surface area contributed by atoms with Gasteiger partial charge in [-0.05, 0) is 36.4 Å². The molecule has 6 rings (SSSR count). The first-order valence-electron chi connectivity index (χ1n) is 12.9. The third kappa shape index (κ3) is 5.44. The van der Waals surface area contributed by atoms with Gasteiger partial charge in [0.25, 0.3) is 0 Å². The van der Waals surface area contributed by atoms with Gasteiger partial charge in [-0.2, -0.15) is 0 Å². The van der Waals surface area contributed by atoms with Crippen LogP contribution in [0.2, 0.25) is 10.0 Å². The van der Waals surface area contributed by atoms with E-state index >= 15 is 0 Å². The minimum Gasteiger partial charge on any atom is -0.486 e. The van der Waals surface area contributed by atoms with E-state index in [1.807, 2.05) is 60.7 Å². The lowest BCUT2D eigenvalue weighted by Gasteiger charge is -2.13. The smallest absolute Gasteiger partial charge is 0.235 e. The SMILES string of the molecule is O=c1c(OCCCOc2c(-c3ccccc3)oc3ccc(Cl)cc3c2=O)c(-c2ccccc2)oc2ccc(Cl)cc12. The summed E-state index contributed by atoms with van der Waals surface area (Å²) in [7, 11) is 0. The summed E-state index contributed by atoms with van der Waals surface area (Å²) in [5.41, 5.74) is 1.56. The third-order valence-corrected chi connectivity index (χ3v) is 6.95. The molecule has 6 nitrogen and oxygen atoms in total. The zero-order chi connectivity index (χ0) is 28.3. The van der Waals surface area contributed by atoms with E-state index < -0.39 is 0 Å². The molecule has 2 heterocycles. The second-order valence-electron chi connectivity index (χ2n) is 9.24. The molecule has 0 amide bonds. The predicted molar refractivity (Wildman–Crippen MR) is 161 cm³/mol. The van der Waals surface area contributed by atoms with Crippen LogP contribution < -0.4 is 20.3 Å². The quantitative estimate of drug-likeness (QED) is 0.167. The molecule has 6 aromatic rings. The van der Waals surface area contributed by atoms with Gasteiger partial charge < -0.3 is 18.3 Å². The Hall–Kier alpha value is -4.52. The standard InChI is InChI=1S/C33H22Cl2O6/c34-22-12-14-26-24(18-22)28(36)32(30(40-26)20-8-3-1-4-9-20)38-16-7-17-39-33-29(37)25-19-23(35)13-15-27(25)41-31(33)21-10-5-2-6-11-21/h1-6,8-15,18-19H,7,16-17H2. The first-order chi connectivity index (χ1) is 20.0. The van der Waals surface area contributed by atoms with Crippen LogP contribution in [-0.4, -0.2) is 13.2 Å². The summed E-state index contributed by atoms with van der Waals surface area (Å²) in [6.45, 7) is 0.254. The fourth-order valence-corrected chi connectivity index (χ4v) is 4.87. The highest BCUT2D eigenvalue weighted by molar-refractivity contribution is 6.31. The summed E-state index contributed by atoms with van der Waals surface area (Å²) in [5.74, 6) is 0.807. The van der Waals surface area contributed by atoms with Gasteiger partial charge in [0.2, 0.25) is 22.4 Å². The summed E-state index contributed by atoms with van der Waals surface area (Å²) < 4.78 is 24.2. The van der Waals surface area contributed by atoms with Crippen LogP contribution in [0, 0.1) is 0 Å². The van der Waals surface area contributed by atoms with Gasteiger partial charge in [0.15, 0.2) is 11.5 Å². The van der Waals surface area contributed by atoms with Crippen LogP contribution in [0.15, 0.2) is 115 Å². The molecule has 0 aliphatic rings. The highest BCUT2D eigenvalue weighted by Gasteiger charge is 2.20. The largest absolute Gasteiger partial charge is 0.486 e. The van der Waals surface area contributed by atoms with Crippen LogP contribution in [0.5, 0.6) is 11.5 Å². The van der Waals surface area contributed by atoms with Crippen LogP contribution in [-0.2, 0) is 0 Å². The van der Waals surface area contributed by atoms with E-state index in [1.165, 1.54) is 0 Å². The lowest BCUT2D eigenvalue weighted by atomic mass is 10.1. The van der Waals surface area contributed by atoms with Crippen LogP contribution in [0.1, 0.15) is 6.42 Å². The topological polar surface area (TPSA) is 78.9 Å². The van der Waals surface area contributed by atoms with E-state index in [9.17, 15) is 9.59 Å². The maximum absolute atomic E-state index is 13.4. The molecule has 0 radical (unpaired) electrons. The van der Waals surface area contributed by atoms with Gasteiger partial charge in [-0.25, -0.2) is 0 Å². The van der Waals surface area contributed by atoms with Crippen LogP contribution in [0.25, 0.3) is 44.6 Å². The summed E-state index contributed by atoms with van der Waals surface area (Å²) >= 11 is 12.3. The predicted octanol–water partition coefficient (Wildman–Crippen LogP) is 8.39. The number of hydrogen-bond acceptors (Lipinski definition) is 6. The number of fused-ring (bicyclic) bond motifs is 2. The van der Waals surface area contributed by atoms with E-state index in [1.54, 1.807) is 36.4 Å². The lowest BCUT2D eigenvalue weighted by Crippen LogP contribution is -2.15. The minimum atomic E-state index is -0.327. The molecule has 41 heavy (non-hydrogen) atoms. The molecule has 0 spiro atoms. The molecule has 8 heteroatoms. The molecule has 204 valence electrons. The number of hydrogen-bond donors (Lipinski definition) is 0. The summed E-state index contributed by atoms with van der Waals surface area (Å²) in [5, 5.41) is 1.48. The number of benzene rings is 4. The van der Waals surface area contributed by atoms with E-state index in [2.05, 4.69) is 0 Å². The van der Waals surface area contributed by atoms with Crippen molar-refractivity contribution in [3.63, 3.8) is 0 Å². The van der Waals surface area contributed by atoms with E-state index in [0.29, 0.717) is 61.1 Å². The molecule has 0 aliphatic carbocycles. The zero-order valence-electron chi connectivity index (χ0n) is 21.6. The molecular formula is C33H22Cl2O6. The van der Waals surface area contributed by atoms with Gasteiger partial charge in [0.1, 0.15) is 11.2 Å². The van der Waals surface area contributed by atoms with Gasteiger partial charge in [0.05, 0.1) is 24.0 Å². The molecule has 4 aromatic carbocycles. The second-order valence-corrected chi connectivity index (χ2v) is 10.1. The monoisotopic (exact) mass is 584 g/mol. The Morgan fingerprint density at radius 2 is 0.976 bits per heavy atom. The molecule has 0 saturated carbocycles. The second kappa shape index (κ2) is 11.5. The van der Waals surface area contributed by atoms with E-state index in [-0.39, 0.29) is 35.6 Å². The Morgan fingerprint density at radius 1 is 0.561 bits per heavy atom. The van der Waals surface area contributed by atoms with Gasteiger partial charge >= 0.3 is 0 Å². The molecule has 0 aliphatic heterocycles. The Bertz CT molecular complexity index is 1840. The molecule has 0 fully saturated rings. The highest BCUT2D eigenvalue weighted by atomic mass is 35.5. The Balaban J connectivity index is 1.27. The summed E-state index contributed by atoms with van der Waals surface area (Å²) in [4.78, 5) is 26.8. The van der Waals surface area contributed by atoms with Crippen molar-refractivity contribution in [2.75, 3.05) is 13.2 Å². The Morgan fingerprint density at radius 3 is 1.39 bits per heavy atom. The first-order valence-corrected chi connectivity index (χ1v) is 13.6. The number of halogens is 2. The van der Waals surface area contributed by atoms with Crippen molar-refractivity contribution in [1.82, 2.24) is 0 Å². The van der Waals surface area contributed by atoms with Crippen LogP contribution in [0.3, 0.4) is 0 Å². The van der Waals surface area contributed by atoms with Crippen molar-refractivity contribution in [3.05, 3.63) is 128 Å². The van der Waals surface area contributed by atoms with Gasteiger partial charge in [0, 0.05) is 27.6 Å². The molecule has 2 aromatic heterocycles. The highest BCUT2D eigenvalue weighted by Crippen LogP contribution is 2.33. The van der Waals surface area contributed by atoms with Crippen molar-refractivity contribution in [1.29, 1.82) is 0 Å². The van der Waals surface area contributed by atoms with Crippen molar-refractivity contribution in [3.8, 4) is 34.1 Å². The molecule has 0 saturated heterocycles. The summed E-state index contributed by atoms with van der Waals surface area (Å²) in [6, 6.07) is 28.3. The molecular weight excluding hydrogens is 563 g/mol. The maximum Gasteiger partial charge on any atom is 0.235 e. The molecule has 0 atom stereocenters. The van der Waals surface area contributed by atoms with Crippen molar-refractivity contribution >= 4 is 45.1 Å². The molecule has 0 bridgehead atoms. The molecule has 0 N–H and O–H groups in total. The fourth-order valence-electron chi connectivity index (χ4n) is 4.53. The third-order valence-electron chi connectivity index (χ3n) is 6.47. The van der Waals surface area contributed by atoms with E-state index in [0.717, 1.165) is 0 Å². The zero-order valence-corrected chi connectivity index (χ0v) is 23.1. The van der Waals surface area contributed by atoms with Crippen molar-refractivity contribution in [2.24, 2.45) is 0 Å². The van der Waals surface area contributed by atoms with Crippen LogP contribution >= 0.6 is 23.2 Å². The average Bonchev–Trinajstić information content (AvgIpc) is 3.00. The Labute approximate surface area is 244 Å². The van der Waals surface area contributed by atoms with E-state index in [4.69, 9.17) is 41.5 Å².